The first kappa shape index (κ1) is 28.3. The predicted molar refractivity (Wildman–Crippen MR) is 130 cm³/mol. The van der Waals surface area contributed by atoms with Crippen LogP contribution in [0, 0.1) is 12.7 Å². The van der Waals surface area contributed by atoms with E-state index in [1.54, 1.807) is 39.8 Å². The van der Waals surface area contributed by atoms with Crippen LogP contribution in [0.3, 0.4) is 0 Å². The number of hydrogen-bond donors (Lipinski definition) is 1. The largest absolute Gasteiger partial charge is 0.461 e. The summed E-state index contributed by atoms with van der Waals surface area (Å²) in [4.78, 5) is 24.2. The van der Waals surface area contributed by atoms with Gasteiger partial charge in [0.15, 0.2) is 6.04 Å². The van der Waals surface area contributed by atoms with Crippen molar-refractivity contribution >= 4 is 12.1 Å². The lowest BCUT2D eigenvalue weighted by Gasteiger charge is -2.23. The van der Waals surface area contributed by atoms with E-state index in [1.165, 1.54) is 12.1 Å². The smallest absolute Gasteiger partial charge is 0.408 e. The molecule has 0 aromatic heterocycles. The highest BCUT2D eigenvalue weighted by Crippen LogP contribution is 2.14. The molecule has 1 heterocycles. The molecule has 35 heavy (non-hydrogen) atoms. The first-order valence-corrected chi connectivity index (χ1v) is 11.7. The molecule has 0 spiro atoms. The van der Waals surface area contributed by atoms with Crippen molar-refractivity contribution in [2.45, 2.75) is 71.5 Å². The van der Waals surface area contributed by atoms with Crippen LogP contribution < -0.4 is 5.32 Å². The normalized spacial score (nSPS) is 20.7. The van der Waals surface area contributed by atoms with Crippen LogP contribution in [0.5, 0.6) is 0 Å². The number of amides is 1. The van der Waals surface area contributed by atoms with Crippen LogP contribution in [0.15, 0.2) is 54.6 Å². The SMILES string of the molecule is CC1CC(OCc2ccccc2)COC[C@H](NC(=O)OC(C)(C)C)C(=O)O1.Cc1ccc(F)cc1. The summed E-state index contributed by atoms with van der Waals surface area (Å²) in [5.41, 5.74) is 1.50. The Morgan fingerprint density at radius 2 is 1.74 bits per heavy atom. The lowest BCUT2D eigenvalue weighted by atomic mass is 10.2. The first-order valence-electron chi connectivity index (χ1n) is 11.7. The van der Waals surface area contributed by atoms with Gasteiger partial charge in [0.25, 0.3) is 0 Å². The fourth-order valence-corrected chi connectivity index (χ4v) is 3.14. The molecule has 2 aromatic carbocycles. The van der Waals surface area contributed by atoms with Gasteiger partial charge < -0.3 is 24.3 Å². The van der Waals surface area contributed by atoms with Gasteiger partial charge in [-0.2, -0.15) is 0 Å². The number of esters is 1. The maximum atomic E-state index is 12.3. The van der Waals surface area contributed by atoms with Gasteiger partial charge in [-0.3, -0.25) is 0 Å². The molecule has 1 amide bonds. The van der Waals surface area contributed by atoms with E-state index < -0.39 is 23.7 Å². The van der Waals surface area contributed by atoms with Gasteiger partial charge in [0.1, 0.15) is 17.5 Å². The molecule has 1 aliphatic heterocycles. The Labute approximate surface area is 206 Å². The molecule has 0 aliphatic carbocycles. The lowest BCUT2D eigenvalue weighted by Crippen LogP contribution is -2.47. The minimum Gasteiger partial charge on any atom is -0.461 e. The van der Waals surface area contributed by atoms with Gasteiger partial charge in [-0.15, -0.1) is 0 Å². The van der Waals surface area contributed by atoms with E-state index >= 15 is 0 Å². The van der Waals surface area contributed by atoms with Crippen molar-refractivity contribution in [2.24, 2.45) is 0 Å². The molecule has 2 aromatic rings. The van der Waals surface area contributed by atoms with Gasteiger partial charge in [0.2, 0.25) is 0 Å². The van der Waals surface area contributed by atoms with E-state index in [-0.39, 0.29) is 24.6 Å². The second kappa shape index (κ2) is 13.8. The van der Waals surface area contributed by atoms with E-state index in [9.17, 15) is 14.0 Å². The molecular formula is C27H36FNO6. The van der Waals surface area contributed by atoms with Crippen LogP contribution >= 0.6 is 0 Å². The summed E-state index contributed by atoms with van der Waals surface area (Å²) in [5.74, 6) is -0.715. The lowest BCUT2D eigenvalue weighted by molar-refractivity contribution is -0.152. The second-order valence-electron chi connectivity index (χ2n) is 9.43. The zero-order valence-corrected chi connectivity index (χ0v) is 21.1. The van der Waals surface area contributed by atoms with Crippen molar-refractivity contribution < 1.29 is 32.9 Å². The number of aryl methyl sites for hydroxylation is 1. The van der Waals surface area contributed by atoms with Crippen LogP contribution in [0.2, 0.25) is 0 Å². The fourth-order valence-electron chi connectivity index (χ4n) is 3.14. The number of carbonyl (C=O) groups excluding carboxylic acids is 2. The molecule has 0 bridgehead atoms. The zero-order valence-electron chi connectivity index (χ0n) is 21.1. The summed E-state index contributed by atoms with van der Waals surface area (Å²) in [7, 11) is 0. The van der Waals surface area contributed by atoms with E-state index in [1.807, 2.05) is 37.3 Å². The predicted octanol–water partition coefficient (Wildman–Crippen LogP) is 4.95. The molecule has 1 aliphatic rings. The number of carbonyl (C=O) groups is 2. The third-order valence-electron chi connectivity index (χ3n) is 4.82. The average molecular weight is 490 g/mol. The topological polar surface area (TPSA) is 83.1 Å². The maximum absolute atomic E-state index is 12.3. The first-order chi connectivity index (χ1) is 16.5. The fraction of sp³-hybridized carbons (Fsp3) is 0.481. The molecule has 1 saturated heterocycles. The van der Waals surface area contributed by atoms with Crippen LogP contribution in [-0.4, -0.2) is 49.1 Å². The number of benzene rings is 2. The Kier molecular flexibility index (Phi) is 11.1. The second-order valence-corrected chi connectivity index (χ2v) is 9.43. The van der Waals surface area contributed by atoms with Crippen LogP contribution in [0.1, 0.15) is 45.2 Å². The third-order valence-corrected chi connectivity index (χ3v) is 4.82. The summed E-state index contributed by atoms with van der Waals surface area (Å²) >= 11 is 0. The number of hydrogen-bond acceptors (Lipinski definition) is 6. The Hall–Kier alpha value is -2.97. The molecule has 2 unspecified atom stereocenters. The van der Waals surface area contributed by atoms with E-state index in [0.717, 1.165) is 11.1 Å². The molecule has 1 fully saturated rings. The minimum atomic E-state index is -0.921. The molecule has 7 nitrogen and oxygen atoms in total. The van der Waals surface area contributed by atoms with Crippen molar-refractivity contribution in [1.29, 1.82) is 0 Å². The highest BCUT2D eigenvalue weighted by molar-refractivity contribution is 5.81. The van der Waals surface area contributed by atoms with E-state index in [4.69, 9.17) is 18.9 Å². The molecule has 192 valence electrons. The summed E-state index contributed by atoms with van der Waals surface area (Å²) in [5, 5.41) is 2.51. The van der Waals surface area contributed by atoms with Crippen LogP contribution in [0.4, 0.5) is 9.18 Å². The van der Waals surface area contributed by atoms with Crippen molar-refractivity contribution in [3.8, 4) is 0 Å². The average Bonchev–Trinajstić information content (AvgIpc) is 2.84. The molecule has 0 radical (unpaired) electrons. The molecule has 3 atom stereocenters. The zero-order chi connectivity index (χ0) is 25.8. The number of rotatable bonds is 4. The van der Waals surface area contributed by atoms with Gasteiger partial charge in [0, 0.05) is 6.42 Å². The third kappa shape index (κ3) is 11.8. The summed E-state index contributed by atoms with van der Waals surface area (Å²) in [6.45, 7) is 9.74. The Morgan fingerprint density at radius 1 is 1.09 bits per heavy atom. The Bertz CT molecular complexity index is 893. The number of alkyl carbamates (subject to hydrolysis) is 1. The number of halogens is 1. The Morgan fingerprint density at radius 3 is 2.34 bits per heavy atom. The standard InChI is InChI=1S/C20H29NO6.C7H7F/c1-14-10-16(25-11-15-8-6-5-7-9-15)12-24-13-17(18(22)26-14)21-19(23)27-20(2,3)4;1-6-2-4-7(8)5-3-6/h5-9,14,16-17H,10-13H2,1-4H3,(H,21,23);2-5H,1H3/t14?,16?,17-;/m0./s1. The van der Waals surface area contributed by atoms with Crippen molar-refractivity contribution in [2.75, 3.05) is 13.2 Å². The molecular weight excluding hydrogens is 453 g/mol. The van der Waals surface area contributed by atoms with E-state index in [2.05, 4.69) is 5.32 Å². The molecule has 0 saturated carbocycles. The van der Waals surface area contributed by atoms with Crippen LogP contribution in [-0.2, 0) is 30.3 Å². The molecule has 1 N–H and O–H groups in total. The number of ether oxygens (including phenoxy) is 4. The van der Waals surface area contributed by atoms with Gasteiger partial charge in [-0.25, -0.2) is 14.0 Å². The summed E-state index contributed by atoms with van der Waals surface area (Å²) < 4.78 is 34.2. The summed E-state index contributed by atoms with van der Waals surface area (Å²) in [6.07, 6.45) is -0.745. The van der Waals surface area contributed by atoms with E-state index in [0.29, 0.717) is 19.6 Å². The number of nitrogens with one attached hydrogen (secondary N) is 1. The maximum Gasteiger partial charge on any atom is 0.408 e. The summed E-state index contributed by atoms with van der Waals surface area (Å²) in [6, 6.07) is 15.3. The van der Waals surface area contributed by atoms with Crippen molar-refractivity contribution in [3.05, 3.63) is 71.5 Å². The van der Waals surface area contributed by atoms with Gasteiger partial charge >= 0.3 is 12.1 Å². The number of cyclic esters (lactones) is 1. The quantitative estimate of drug-likeness (QED) is 0.612. The van der Waals surface area contributed by atoms with Crippen molar-refractivity contribution in [3.63, 3.8) is 0 Å². The van der Waals surface area contributed by atoms with Gasteiger partial charge in [-0.05, 0) is 52.3 Å². The minimum absolute atomic E-state index is 0.00398. The molecule has 8 heteroatoms. The van der Waals surface area contributed by atoms with Crippen LogP contribution in [0.25, 0.3) is 0 Å². The Balaban J connectivity index is 0.000000456. The van der Waals surface area contributed by atoms with Gasteiger partial charge in [0.05, 0.1) is 25.9 Å². The molecule has 3 rings (SSSR count). The van der Waals surface area contributed by atoms with Gasteiger partial charge in [-0.1, -0.05) is 48.0 Å². The monoisotopic (exact) mass is 489 g/mol. The van der Waals surface area contributed by atoms with Crippen molar-refractivity contribution in [1.82, 2.24) is 5.32 Å². The highest BCUT2D eigenvalue weighted by Gasteiger charge is 2.30. The highest BCUT2D eigenvalue weighted by atomic mass is 19.1.